The zero-order valence-electron chi connectivity index (χ0n) is 15.0. The summed E-state index contributed by atoms with van der Waals surface area (Å²) in [4.78, 5) is 10.2. The van der Waals surface area contributed by atoms with E-state index in [1.54, 1.807) is 13.0 Å². The molecule has 8 nitrogen and oxygen atoms in total. The Morgan fingerprint density at radius 1 is 1.11 bits per heavy atom. The number of rotatable bonds is 8. The lowest BCUT2D eigenvalue weighted by Crippen LogP contribution is -2.30. The van der Waals surface area contributed by atoms with Gasteiger partial charge in [0.1, 0.15) is 0 Å². The minimum absolute atomic E-state index is 0.0424. The lowest BCUT2D eigenvalue weighted by molar-refractivity contribution is -0.386. The van der Waals surface area contributed by atoms with Gasteiger partial charge >= 0.3 is 5.69 Å². The van der Waals surface area contributed by atoms with Crippen LogP contribution in [0.4, 0.5) is 10.1 Å². The van der Waals surface area contributed by atoms with Crippen LogP contribution >= 0.6 is 0 Å². The number of nitro groups is 1. The summed E-state index contributed by atoms with van der Waals surface area (Å²) in [6.45, 7) is 1.62. The third-order valence-corrected chi connectivity index (χ3v) is 5.83. The fraction of sp³-hybridized carbons (Fsp3) is 0.294. The number of benzene rings is 2. The van der Waals surface area contributed by atoms with Gasteiger partial charge < -0.3 is 9.47 Å². The minimum atomic E-state index is -4.04. The van der Waals surface area contributed by atoms with E-state index >= 15 is 0 Å². The molecule has 27 heavy (non-hydrogen) atoms. The van der Waals surface area contributed by atoms with Gasteiger partial charge in [0.2, 0.25) is 10.0 Å². The van der Waals surface area contributed by atoms with Crippen molar-refractivity contribution < 1.29 is 27.2 Å². The fourth-order valence-electron chi connectivity index (χ4n) is 2.50. The number of halogens is 1. The molecule has 0 atom stereocenters. The maximum Gasteiger partial charge on any atom is 0.312 e. The van der Waals surface area contributed by atoms with Gasteiger partial charge in [0.25, 0.3) is 0 Å². The largest absolute Gasteiger partial charge is 0.494 e. The number of hydrogen-bond donors (Lipinski definition) is 0. The second-order valence-corrected chi connectivity index (χ2v) is 7.43. The Balaban J connectivity index is 2.39. The molecule has 10 heteroatoms. The second-order valence-electron chi connectivity index (χ2n) is 5.49. The quantitative estimate of drug-likeness (QED) is 0.501. The number of methoxy groups -OCH3 is 2. The molecule has 0 aliphatic rings. The fourth-order valence-corrected chi connectivity index (χ4v) is 3.96. The molecule has 146 valence electrons. The molecule has 0 unspecified atom stereocenters. The zero-order valence-corrected chi connectivity index (χ0v) is 15.8. The van der Waals surface area contributed by atoms with E-state index in [2.05, 4.69) is 0 Å². The molecule has 0 N–H and O–H groups in total. The van der Waals surface area contributed by atoms with E-state index in [0.29, 0.717) is 5.56 Å². The van der Waals surface area contributed by atoms with Gasteiger partial charge in [-0.25, -0.2) is 12.8 Å². The highest BCUT2D eigenvalue weighted by Crippen LogP contribution is 2.31. The van der Waals surface area contributed by atoms with Gasteiger partial charge in [0.05, 0.1) is 24.0 Å². The summed E-state index contributed by atoms with van der Waals surface area (Å²) >= 11 is 0. The van der Waals surface area contributed by atoms with Crippen molar-refractivity contribution in [1.29, 1.82) is 0 Å². The Morgan fingerprint density at radius 2 is 1.74 bits per heavy atom. The number of nitrogens with zero attached hydrogens (tertiary/aromatic N) is 2. The van der Waals surface area contributed by atoms with Crippen molar-refractivity contribution in [1.82, 2.24) is 4.31 Å². The lowest BCUT2D eigenvalue weighted by atomic mass is 10.2. The Hall–Kier alpha value is -2.72. The van der Waals surface area contributed by atoms with E-state index in [9.17, 15) is 22.9 Å². The molecule has 0 bridgehead atoms. The van der Waals surface area contributed by atoms with Crippen LogP contribution in [0.1, 0.15) is 12.5 Å². The van der Waals surface area contributed by atoms with Crippen molar-refractivity contribution in [2.75, 3.05) is 20.8 Å². The molecule has 2 rings (SSSR count). The van der Waals surface area contributed by atoms with Gasteiger partial charge in [0, 0.05) is 19.2 Å². The van der Waals surface area contributed by atoms with Gasteiger partial charge in [0.15, 0.2) is 17.3 Å². The first kappa shape index (κ1) is 20.6. The first-order valence-electron chi connectivity index (χ1n) is 7.89. The summed E-state index contributed by atoms with van der Waals surface area (Å²) < 4.78 is 50.5. The molecule has 0 amide bonds. The highest BCUT2D eigenvalue weighted by Gasteiger charge is 2.27. The molecule has 0 saturated heterocycles. The lowest BCUT2D eigenvalue weighted by Gasteiger charge is -2.21. The Morgan fingerprint density at radius 3 is 2.26 bits per heavy atom. The van der Waals surface area contributed by atoms with Crippen molar-refractivity contribution in [3.63, 3.8) is 0 Å². The van der Waals surface area contributed by atoms with Crippen molar-refractivity contribution in [3.05, 3.63) is 57.9 Å². The average molecular weight is 398 g/mol. The predicted octanol–water partition coefficient (Wildman–Crippen LogP) is 2.96. The van der Waals surface area contributed by atoms with Crippen LogP contribution in [-0.4, -0.2) is 38.4 Å². The first-order valence-corrected chi connectivity index (χ1v) is 9.33. The second kappa shape index (κ2) is 8.31. The molecule has 0 saturated carbocycles. The topological polar surface area (TPSA) is 99.0 Å². The molecule has 0 aromatic heterocycles. The highest BCUT2D eigenvalue weighted by atomic mass is 32.2. The van der Waals surface area contributed by atoms with Crippen LogP contribution in [0.3, 0.4) is 0 Å². The molecule has 0 aliphatic heterocycles. The van der Waals surface area contributed by atoms with Crippen molar-refractivity contribution >= 4 is 15.7 Å². The standard InChI is InChI=1S/C17H19FN2O6S/c1-4-19(11-12-5-7-16(25-2)14(18)9-12)27(23,24)13-6-8-17(26-3)15(10-13)20(21)22/h5-10H,4,11H2,1-3H3. The maximum absolute atomic E-state index is 13.9. The summed E-state index contributed by atoms with van der Waals surface area (Å²) in [7, 11) is -1.45. The van der Waals surface area contributed by atoms with Gasteiger partial charge in [-0.2, -0.15) is 4.31 Å². The maximum atomic E-state index is 13.9. The van der Waals surface area contributed by atoms with E-state index in [4.69, 9.17) is 9.47 Å². The van der Waals surface area contributed by atoms with Crippen LogP contribution in [0.2, 0.25) is 0 Å². The number of hydrogen-bond acceptors (Lipinski definition) is 6. The van der Waals surface area contributed by atoms with Crippen LogP contribution in [0.15, 0.2) is 41.3 Å². The smallest absolute Gasteiger partial charge is 0.312 e. The Bertz CT molecular complexity index is 948. The van der Waals surface area contributed by atoms with Crippen LogP contribution in [0.25, 0.3) is 0 Å². The SMILES string of the molecule is CCN(Cc1ccc(OC)c(F)c1)S(=O)(=O)c1ccc(OC)c([N+](=O)[O-])c1. The molecular weight excluding hydrogens is 379 g/mol. The Labute approximate surface area is 156 Å². The normalized spacial score (nSPS) is 11.4. The summed E-state index contributed by atoms with van der Waals surface area (Å²) in [6.07, 6.45) is 0. The number of nitro benzene ring substituents is 1. The Kier molecular flexibility index (Phi) is 6.34. The number of sulfonamides is 1. The van der Waals surface area contributed by atoms with Gasteiger partial charge in [-0.3, -0.25) is 10.1 Å². The summed E-state index contributed by atoms with van der Waals surface area (Å²) in [5.74, 6) is -0.599. The minimum Gasteiger partial charge on any atom is -0.494 e. The molecular formula is C17H19FN2O6S. The summed E-state index contributed by atoms with van der Waals surface area (Å²) in [5, 5.41) is 11.2. The van der Waals surface area contributed by atoms with Crippen LogP contribution in [0.5, 0.6) is 11.5 Å². The molecule has 0 radical (unpaired) electrons. The average Bonchev–Trinajstić information content (AvgIpc) is 2.65. The first-order chi connectivity index (χ1) is 12.7. The third-order valence-electron chi connectivity index (χ3n) is 3.91. The van der Waals surface area contributed by atoms with E-state index < -0.39 is 26.5 Å². The zero-order chi connectivity index (χ0) is 20.2. The van der Waals surface area contributed by atoms with Gasteiger partial charge in [-0.15, -0.1) is 0 Å². The molecule has 0 spiro atoms. The highest BCUT2D eigenvalue weighted by molar-refractivity contribution is 7.89. The molecule has 0 fully saturated rings. The summed E-state index contributed by atoms with van der Waals surface area (Å²) in [6, 6.07) is 7.56. The van der Waals surface area contributed by atoms with Gasteiger partial charge in [-0.05, 0) is 29.8 Å². The van der Waals surface area contributed by atoms with Crippen LogP contribution < -0.4 is 9.47 Å². The molecule has 0 heterocycles. The molecule has 2 aromatic rings. The predicted molar refractivity (Wildman–Crippen MR) is 95.9 cm³/mol. The third kappa shape index (κ3) is 4.34. The van der Waals surface area contributed by atoms with Crippen LogP contribution in [-0.2, 0) is 16.6 Å². The van der Waals surface area contributed by atoms with Gasteiger partial charge in [-0.1, -0.05) is 13.0 Å². The van der Waals surface area contributed by atoms with Crippen molar-refractivity contribution in [2.45, 2.75) is 18.4 Å². The molecule has 2 aromatic carbocycles. The molecule has 0 aliphatic carbocycles. The van der Waals surface area contributed by atoms with Crippen molar-refractivity contribution in [2.24, 2.45) is 0 Å². The van der Waals surface area contributed by atoms with E-state index in [1.165, 1.54) is 38.5 Å². The van der Waals surface area contributed by atoms with E-state index in [0.717, 1.165) is 10.4 Å². The van der Waals surface area contributed by atoms with E-state index in [-0.39, 0.29) is 29.5 Å². The number of ether oxygens (including phenoxy) is 2. The van der Waals surface area contributed by atoms with Crippen molar-refractivity contribution in [3.8, 4) is 11.5 Å². The monoisotopic (exact) mass is 398 g/mol. The summed E-state index contributed by atoms with van der Waals surface area (Å²) in [5.41, 5.74) is -0.0353. The van der Waals surface area contributed by atoms with E-state index in [1.807, 2.05) is 0 Å². The van der Waals surface area contributed by atoms with Crippen LogP contribution in [0, 0.1) is 15.9 Å².